The molecule has 110 valence electrons. The molecule has 1 aromatic carbocycles. The van der Waals surface area contributed by atoms with E-state index >= 15 is 0 Å². The molecule has 0 fully saturated rings. The first-order chi connectivity index (χ1) is 10.5. The van der Waals surface area contributed by atoms with Gasteiger partial charge in [-0.1, -0.05) is 6.07 Å². The van der Waals surface area contributed by atoms with Gasteiger partial charge in [0.15, 0.2) is 5.56 Å². The summed E-state index contributed by atoms with van der Waals surface area (Å²) in [6, 6.07) is 7.01. The summed E-state index contributed by atoms with van der Waals surface area (Å²) < 4.78 is 7.68. The molecule has 0 aliphatic rings. The first-order valence-electron chi connectivity index (χ1n) is 6.34. The Morgan fingerprint density at radius 1 is 1.27 bits per heavy atom. The van der Waals surface area contributed by atoms with Gasteiger partial charge in [0.1, 0.15) is 11.8 Å². The summed E-state index contributed by atoms with van der Waals surface area (Å²) in [7, 11) is 2.75. The van der Waals surface area contributed by atoms with Crippen LogP contribution in [0.4, 0.5) is 0 Å². The third kappa shape index (κ3) is 1.88. The molecule has 0 spiro atoms. The van der Waals surface area contributed by atoms with Crippen molar-refractivity contribution in [3.05, 3.63) is 50.8 Å². The topological polar surface area (TPSA) is 106 Å². The molecule has 0 aliphatic heterocycles. The highest BCUT2D eigenvalue weighted by molar-refractivity contribution is 5.84. The maximum Gasteiger partial charge on any atom is 0.333 e. The summed E-state index contributed by atoms with van der Waals surface area (Å²) in [5.41, 5.74) is -0.756. The van der Waals surface area contributed by atoms with Crippen molar-refractivity contribution in [1.82, 2.24) is 19.3 Å². The molecule has 22 heavy (non-hydrogen) atoms. The van der Waals surface area contributed by atoms with E-state index in [-0.39, 0.29) is 11.4 Å². The van der Waals surface area contributed by atoms with Gasteiger partial charge in [-0.15, -0.1) is 0 Å². The lowest BCUT2D eigenvalue weighted by Gasteiger charge is -2.12. The van der Waals surface area contributed by atoms with Crippen molar-refractivity contribution in [3.8, 4) is 17.7 Å². The van der Waals surface area contributed by atoms with E-state index in [9.17, 15) is 14.9 Å². The van der Waals surface area contributed by atoms with E-state index < -0.39 is 11.2 Å². The zero-order valence-electron chi connectivity index (χ0n) is 11.8. The van der Waals surface area contributed by atoms with Crippen LogP contribution >= 0.6 is 0 Å². The van der Waals surface area contributed by atoms with Crippen LogP contribution in [0.3, 0.4) is 0 Å². The first kappa shape index (κ1) is 13.6. The monoisotopic (exact) mass is 297 g/mol. The minimum atomic E-state index is -0.694. The van der Waals surface area contributed by atoms with Crippen LogP contribution in [0.2, 0.25) is 0 Å². The summed E-state index contributed by atoms with van der Waals surface area (Å²) in [5, 5.41) is 16.6. The number of ether oxygens (including phenoxy) is 1. The molecular weight excluding hydrogens is 286 g/mol. The van der Waals surface area contributed by atoms with Crippen LogP contribution in [0.25, 0.3) is 10.9 Å². The largest absolute Gasteiger partial charge is 0.438 e. The Bertz CT molecular complexity index is 1040. The van der Waals surface area contributed by atoms with Crippen molar-refractivity contribution >= 4 is 10.9 Å². The van der Waals surface area contributed by atoms with E-state index in [1.54, 1.807) is 24.4 Å². The fourth-order valence-electron chi connectivity index (χ4n) is 2.17. The van der Waals surface area contributed by atoms with Gasteiger partial charge in [-0.2, -0.15) is 10.4 Å². The summed E-state index contributed by atoms with van der Waals surface area (Å²) in [5.74, 6) is 0.301. The van der Waals surface area contributed by atoms with Gasteiger partial charge in [0.2, 0.25) is 5.88 Å². The number of hydrogen-bond acceptors (Lipinski definition) is 5. The van der Waals surface area contributed by atoms with Gasteiger partial charge in [0.05, 0.1) is 17.1 Å². The van der Waals surface area contributed by atoms with Gasteiger partial charge in [-0.25, -0.2) is 4.79 Å². The Morgan fingerprint density at radius 2 is 2.05 bits per heavy atom. The number of nitrogens with zero attached hydrogens (tertiary/aromatic N) is 4. The van der Waals surface area contributed by atoms with Gasteiger partial charge >= 0.3 is 5.69 Å². The Balaban J connectivity index is 2.26. The van der Waals surface area contributed by atoms with Crippen LogP contribution < -0.4 is 16.0 Å². The summed E-state index contributed by atoms with van der Waals surface area (Å²) in [4.78, 5) is 24.0. The normalized spacial score (nSPS) is 10.6. The maximum atomic E-state index is 12.0. The highest BCUT2D eigenvalue weighted by Crippen LogP contribution is 2.28. The van der Waals surface area contributed by atoms with Gasteiger partial charge in [-0.05, 0) is 12.1 Å². The molecule has 1 N–H and O–H groups in total. The third-order valence-corrected chi connectivity index (χ3v) is 3.37. The smallest absolute Gasteiger partial charge is 0.333 e. The van der Waals surface area contributed by atoms with E-state index in [4.69, 9.17) is 4.74 Å². The predicted molar refractivity (Wildman–Crippen MR) is 77.8 cm³/mol. The van der Waals surface area contributed by atoms with Crippen LogP contribution in [0.1, 0.15) is 5.56 Å². The van der Waals surface area contributed by atoms with E-state index in [0.29, 0.717) is 11.1 Å². The number of fused-ring (bicyclic) bond motifs is 1. The van der Waals surface area contributed by atoms with Gasteiger partial charge in [0.25, 0.3) is 5.56 Å². The Labute approximate surface area is 123 Å². The number of hydrogen-bond donors (Lipinski definition) is 1. The molecule has 0 saturated heterocycles. The molecule has 2 aromatic heterocycles. The molecule has 3 aromatic rings. The molecule has 0 saturated carbocycles. The summed E-state index contributed by atoms with van der Waals surface area (Å²) >= 11 is 0. The zero-order chi connectivity index (χ0) is 15.9. The lowest BCUT2D eigenvalue weighted by molar-refractivity contribution is 0.425. The van der Waals surface area contributed by atoms with E-state index in [0.717, 1.165) is 14.7 Å². The first-order valence-corrected chi connectivity index (χ1v) is 6.34. The maximum absolute atomic E-state index is 12.0. The van der Waals surface area contributed by atoms with Crippen LogP contribution in [0.15, 0.2) is 34.0 Å². The van der Waals surface area contributed by atoms with Crippen molar-refractivity contribution in [2.24, 2.45) is 14.1 Å². The van der Waals surface area contributed by atoms with Gasteiger partial charge in [0, 0.05) is 14.1 Å². The minimum Gasteiger partial charge on any atom is -0.438 e. The molecule has 0 bridgehead atoms. The van der Waals surface area contributed by atoms with Crippen LogP contribution in [0.5, 0.6) is 11.6 Å². The standard InChI is InChI=1S/C14H11N5O3/c1-18-12(20)8(6-15)13(19(2)14(18)21)22-11-5-3-4-10-9(11)7-16-17-10/h3-5,7H,1-2H3,(H,16,17). The van der Waals surface area contributed by atoms with Crippen LogP contribution in [-0.2, 0) is 14.1 Å². The second-order valence-electron chi connectivity index (χ2n) is 4.69. The Hall–Kier alpha value is -3.34. The number of aromatic amines is 1. The Kier molecular flexibility index (Phi) is 3.03. The number of nitriles is 1. The van der Waals surface area contributed by atoms with Crippen LogP contribution in [-0.4, -0.2) is 19.3 Å². The van der Waals surface area contributed by atoms with Crippen molar-refractivity contribution in [1.29, 1.82) is 5.26 Å². The van der Waals surface area contributed by atoms with Crippen molar-refractivity contribution < 1.29 is 4.74 Å². The summed E-state index contributed by atoms with van der Waals surface area (Å²) in [6.07, 6.45) is 1.57. The molecule has 0 aliphatic carbocycles. The molecule has 8 heteroatoms. The van der Waals surface area contributed by atoms with Crippen molar-refractivity contribution in [2.75, 3.05) is 0 Å². The second kappa shape index (κ2) is 4.89. The predicted octanol–water partition coefficient (Wildman–Crippen LogP) is 0.624. The highest BCUT2D eigenvalue weighted by Gasteiger charge is 2.18. The lowest BCUT2D eigenvalue weighted by Crippen LogP contribution is -2.38. The fraction of sp³-hybridized carbons (Fsp3) is 0.143. The molecule has 0 atom stereocenters. The van der Waals surface area contributed by atoms with Gasteiger partial charge < -0.3 is 4.74 Å². The number of benzene rings is 1. The quantitative estimate of drug-likeness (QED) is 0.746. The SMILES string of the molecule is Cn1c(Oc2cccc3[nH]ncc23)c(C#N)c(=O)n(C)c1=O. The van der Waals surface area contributed by atoms with E-state index in [1.807, 2.05) is 6.07 Å². The molecular formula is C14H11N5O3. The summed E-state index contributed by atoms with van der Waals surface area (Å²) in [6.45, 7) is 0. The van der Waals surface area contributed by atoms with Crippen LogP contribution in [0, 0.1) is 11.3 Å². The Morgan fingerprint density at radius 3 is 2.77 bits per heavy atom. The molecule has 8 nitrogen and oxygen atoms in total. The zero-order valence-corrected chi connectivity index (χ0v) is 11.8. The second-order valence-corrected chi connectivity index (χ2v) is 4.69. The highest BCUT2D eigenvalue weighted by atomic mass is 16.5. The number of aromatic nitrogens is 4. The molecule has 3 rings (SSSR count). The van der Waals surface area contributed by atoms with Crippen molar-refractivity contribution in [3.63, 3.8) is 0 Å². The average molecular weight is 297 g/mol. The molecule has 2 heterocycles. The lowest BCUT2D eigenvalue weighted by atomic mass is 10.2. The average Bonchev–Trinajstić information content (AvgIpc) is 3.00. The van der Waals surface area contributed by atoms with Crippen molar-refractivity contribution in [2.45, 2.75) is 0 Å². The molecule has 0 unspecified atom stereocenters. The fourth-order valence-corrected chi connectivity index (χ4v) is 2.17. The number of H-pyrrole nitrogens is 1. The number of nitrogens with one attached hydrogen (secondary N) is 1. The van der Waals surface area contributed by atoms with Gasteiger partial charge in [-0.3, -0.25) is 19.0 Å². The van der Waals surface area contributed by atoms with E-state index in [1.165, 1.54) is 14.1 Å². The number of rotatable bonds is 2. The molecule has 0 radical (unpaired) electrons. The van der Waals surface area contributed by atoms with E-state index in [2.05, 4.69) is 10.2 Å². The molecule has 0 amide bonds. The third-order valence-electron chi connectivity index (χ3n) is 3.37. The minimum absolute atomic E-state index is 0.0932.